The van der Waals surface area contributed by atoms with Gasteiger partial charge in [-0.05, 0) is 12.5 Å². The predicted octanol–water partition coefficient (Wildman–Crippen LogP) is 1.25. The lowest BCUT2D eigenvalue weighted by atomic mass is 10.0. The molecule has 0 aromatic heterocycles. The number of nitrogens with zero attached hydrogens (tertiary/aromatic N) is 2. The molecule has 5 heteroatoms. The summed E-state index contributed by atoms with van der Waals surface area (Å²) in [5.74, 6) is 1.03. The molecule has 1 unspecified atom stereocenters. The Morgan fingerprint density at radius 3 is 2.71 bits per heavy atom. The highest BCUT2D eigenvalue weighted by Crippen LogP contribution is 2.29. The van der Waals surface area contributed by atoms with Gasteiger partial charge in [-0.3, -0.25) is 9.69 Å². The van der Waals surface area contributed by atoms with Crippen LogP contribution in [0.3, 0.4) is 0 Å². The summed E-state index contributed by atoms with van der Waals surface area (Å²) in [4.78, 5) is 15.8. The summed E-state index contributed by atoms with van der Waals surface area (Å²) in [6.07, 6.45) is 0.977. The van der Waals surface area contributed by atoms with Crippen LogP contribution >= 0.6 is 0 Å². The number of nitrogens with two attached hydrogens (primary N) is 1. The third-order valence-electron chi connectivity index (χ3n) is 4.14. The van der Waals surface area contributed by atoms with Crippen molar-refractivity contribution in [3.8, 4) is 5.75 Å². The van der Waals surface area contributed by atoms with Crippen molar-refractivity contribution in [3.05, 3.63) is 29.8 Å². The Morgan fingerprint density at radius 1 is 1.29 bits per heavy atom. The molecule has 1 aromatic rings. The van der Waals surface area contributed by atoms with Crippen molar-refractivity contribution in [3.63, 3.8) is 0 Å². The van der Waals surface area contributed by atoms with Gasteiger partial charge in [0, 0.05) is 45.2 Å². The topological polar surface area (TPSA) is 58.8 Å². The van der Waals surface area contributed by atoms with Crippen molar-refractivity contribution in [2.75, 3.05) is 39.8 Å². The molecular weight excluding hydrogens is 266 g/mol. The highest BCUT2D eigenvalue weighted by molar-refractivity contribution is 5.73. The van der Waals surface area contributed by atoms with Crippen LogP contribution in [-0.2, 0) is 4.79 Å². The van der Waals surface area contributed by atoms with Gasteiger partial charge in [-0.2, -0.15) is 0 Å². The van der Waals surface area contributed by atoms with Crippen LogP contribution in [0.1, 0.15) is 24.9 Å². The SMILES string of the molecule is COc1ccccc1C(CN)N1CCCN(C(C)=O)CC1. The van der Waals surface area contributed by atoms with E-state index in [2.05, 4.69) is 11.0 Å². The van der Waals surface area contributed by atoms with Crippen LogP contribution in [0.5, 0.6) is 5.75 Å². The van der Waals surface area contributed by atoms with Crippen molar-refractivity contribution in [1.29, 1.82) is 0 Å². The van der Waals surface area contributed by atoms with Gasteiger partial charge in [-0.15, -0.1) is 0 Å². The summed E-state index contributed by atoms with van der Waals surface area (Å²) in [6.45, 7) is 5.57. The Kier molecular flexibility index (Phi) is 5.59. The highest BCUT2D eigenvalue weighted by Gasteiger charge is 2.25. The zero-order valence-corrected chi connectivity index (χ0v) is 12.9. The summed E-state index contributed by atoms with van der Waals surface area (Å²) in [6, 6.07) is 8.16. The molecule has 5 nitrogen and oxygen atoms in total. The molecule has 0 bridgehead atoms. The molecule has 2 rings (SSSR count). The average molecular weight is 291 g/mol. The van der Waals surface area contributed by atoms with E-state index in [0.717, 1.165) is 43.9 Å². The number of carbonyl (C=O) groups excluding carboxylic acids is 1. The molecule has 0 radical (unpaired) electrons. The second-order valence-corrected chi connectivity index (χ2v) is 5.39. The minimum atomic E-state index is 0.132. The first-order chi connectivity index (χ1) is 10.2. The summed E-state index contributed by atoms with van der Waals surface area (Å²) in [5, 5.41) is 0. The predicted molar refractivity (Wildman–Crippen MR) is 83.2 cm³/mol. The zero-order chi connectivity index (χ0) is 15.2. The van der Waals surface area contributed by atoms with Crippen LogP contribution in [0.4, 0.5) is 0 Å². The maximum Gasteiger partial charge on any atom is 0.219 e. The first-order valence-electron chi connectivity index (χ1n) is 7.50. The zero-order valence-electron chi connectivity index (χ0n) is 12.9. The van der Waals surface area contributed by atoms with E-state index in [1.165, 1.54) is 0 Å². The van der Waals surface area contributed by atoms with Gasteiger partial charge >= 0.3 is 0 Å². The Balaban J connectivity index is 2.15. The first-order valence-corrected chi connectivity index (χ1v) is 7.50. The summed E-state index contributed by atoms with van der Waals surface area (Å²) >= 11 is 0. The third kappa shape index (κ3) is 3.74. The second-order valence-electron chi connectivity index (χ2n) is 5.39. The molecule has 21 heavy (non-hydrogen) atoms. The largest absolute Gasteiger partial charge is 0.496 e. The standard InChI is InChI=1S/C16H25N3O2/c1-13(20)18-8-5-9-19(11-10-18)15(12-17)14-6-3-4-7-16(14)21-2/h3-4,6-7,15H,5,8-12,17H2,1-2H3. The average Bonchev–Trinajstić information content (AvgIpc) is 2.75. The van der Waals surface area contributed by atoms with Crippen molar-refractivity contribution in [2.24, 2.45) is 5.73 Å². The summed E-state index contributed by atoms with van der Waals surface area (Å²) < 4.78 is 5.46. The van der Waals surface area contributed by atoms with Gasteiger partial charge in [0.05, 0.1) is 13.2 Å². The van der Waals surface area contributed by atoms with Crippen LogP contribution < -0.4 is 10.5 Å². The molecule has 0 aliphatic carbocycles. The molecule has 0 spiro atoms. The van der Waals surface area contributed by atoms with E-state index in [9.17, 15) is 4.79 Å². The minimum absolute atomic E-state index is 0.132. The molecule has 1 heterocycles. The Bertz CT molecular complexity index is 478. The lowest BCUT2D eigenvalue weighted by Gasteiger charge is -2.31. The van der Waals surface area contributed by atoms with E-state index < -0.39 is 0 Å². The molecular formula is C16H25N3O2. The highest BCUT2D eigenvalue weighted by atomic mass is 16.5. The van der Waals surface area contributed by atoms with Crippen molar-refractivity contribution in [2.45, 2.75) is 19.4 Å². The van der Waals surface area contributed by atoms with Gasteiger partial charge in [-0.25, -0.2) is 0 Å². The molecule has 0 saturated carbocycles. The first kappa shape index (κ1) is 15.8. The fraction of sp³-hybridized carbons (Fsp3) is 0.562. The van der Waals surface area contributed by atoms with Gasteiger partial charge in [-0.1, -0.05) is 18.2 Å². The maximum atomic E-state index is 11.5. The van der Waals surface area contributed by atoms with E-state index in [1.807, 2.05) is 23.1 Å². The third-order valence-corrected chi connectivity index (χ3v) is 4.14. The van der Waals surface area contributed by atoms with Crippen molar-refractivity contribution < 1.29 is 9.53 Å². The monoisotopic (exact) mass is 291 g/mol. The number of methoxy groups -OCH3 is 1. The number of amides is 1. The van der Waals surface area contributed by atoms with Gasteiger partial charge in [0.1, 0.15) is 5.75 Å². The van der Waals surface area contributed by atoms with Crippen LogP contribution in [0.2, 0.25) is 0 Å². The quantitative estimate of drug-likeness (QED) is 0.907. The molecule has 1 aliphatic rings. The van der Waals surface area contributed by atoms with Crippen LogP contribution in [0, 0.1) is 0 Å². The molecule has 1 amide bonds. The Labute approximate surface area is 126 Å². The number of hydrogen-bond acceptors (Lipinski definition) is 4. The second kappa shape index (κ2) is 7.43. The van der Waals surface area contributed by atoms with Crippen molar-refractivity contribution in [1.82, 2.24) is 9.80 Å². The summed E-state index contributed by atoms with van der Waals surface area (Å²) in [7, 11) is 1.69. The van der Waals surface area contributed by atoms with Crippen molar-refractivity contribution >= 4 is 5.91 Å². The van der Waals surface area contributed by atoms with Crippen LogP contribution in [0.15, 0.2) is 24.3 Å². The van der Waals surface area contributed by atoms with E-state index in [4.69, 9.17) is 10.5 Å². The fourth-order valence-electron chi connectivity index (χ4n) is 2.98. The van der Waals surface area contributed by atoms with E-state index in [1.54, 1.807) is 14.0 Å². The van der Waals surface area contributed by atoms with E-state index >= 15 is 0 Å². The lowest BCUT2D eigenvalue weighted by molar-refractivity contribution is -0.128. The molecule has 2 N–H and O–H groups in total. The normalized spacial score (nSPS) is 18.1. The number of carbonyl (C=O) groups is 1. The number of benzene rings is 1. The van der Waals surface area contributed by atoms with Crippen LogP contribution in [-0.4, -0.2) is 55.5 Å². The molecule has 1 aliphatic heterocycles. The van der Waals surface area contributed by atoms with E-state index in [0.29, 0.717) is 6.54 Å². The Morgan fingerprint density at radius 2 is 2.05 bits per heavy atom. The molecule has 116 valence electrons. The molecule has 1 aromatic carbocycles. The van der Waals surface area contributed by atoms with Gasteiger partial charge in [0.25, 0.3) is 0 Å². The molecule has 1 saturated heterocycles. The number of ether oxygens (including phenoxy) is 1. The fourth-order valence-corrected chi connectivity index (χ4v) is 2.98. The lowest BCUT2D eigenvalue weighted by Crippen LogP contribution is -2.38. The minimum Gasteiger partial charge on any atom is -0.496 e. The van der Waals surface area contributed by atoms with Gasteiger partial charge < -0.3 is 15.4 Å². The number of hydrogen-bond donors (Lipinski definition) is 1. The molecule has 1 fully saturated rings. The number of rotatable bonds is 4. The summed E-state index contributed by atoms with van der Waals surface area (Å²) in [5.41, 5.74) is 7.15. The van der Waals surface area contributed by atoms with Gasteiger partial charge in [0.15, 0.2) is 0 Å². The molecule has 1 atom stereocenters. The maximum absolute atomic E-state index is 11.5. The van der Waals surface area contributed by atoms with Crippen LogP contribution in [0.25, 0.3) is 0 Å². The Hall–Kier alpha value is -1.59. The smallest absolute Gasteiger partial charge is 0.219 e. The number of para-hydroxylation sites is 1. The van der Waals surface area contributed by atoms with Gasteiger partial charge in [0.2, 0.25) is 5.91 Å². The van der Waals surface area contributed by atoms with E-state index in [-0.39, 0.29) is 11.9 Å².